The van der Waals surface area contributed by atoms with Gasteiger partial charge in [0.15, 0.2) is 0 Å². The number of nitrogens with zero attached hydrogens (tertiary/aromatic N) is 3. The maximum absolute atomic E-state index is 13.2. The van der Waals surface area contributed by atoms with Gasteiger partial charge in [0.2, 0.25) is 10.0 Å². The molecule has 2 aliphatic rings. The van der Waals surface area contributed by atoms with Crippen LogP contribution in [0.1, 0.15) is 60.7 Å². The molecule has 2 heterocycles. The Kier molecular flexibility index (Phi) is 6.73. The molecule has 1 saturated carbocycles. The van der Waals surface area contributed by atoms with E-state index in [1.165, 1.54) is 4.31 Å². The number of carbonyl (C=O) groups is 1. The summed E-state index contributed by atoms with van der Waals surface area (Å²) in [5.41, 5.74) is 3.55. The summed E-state index contributed by atoms with van der Waals surface area (Å²) in [6, 6.07) is 11.2. The van der Waals surface area contributed by atoms with Crippen molar-refractivity contribution < 1.29 is 13.2 Å². The summed E-state index contributed by atoms with van der Waals surface area (Å²) in [5.74, 6) is -0.515. The summed E-state index contributed by atoms with van der Waals surface area (Å²) in [5, 5.41) is 12.4. The minimum absolute atomic E-state index is 0.00224. The number of aromatic nitrogens is 1. The van der Waals surface area contributed by atoms with Crippen molar-refractivity contribution in [2.24, 2.45) is 0 Å². The second-order valence-electron chi connectivity index (χ2n) is 8.85. The van der Waals surface area contributed by atoms with Crippen molar-refractivity contribution in [3.63, 3.8) is 0 Å². The average molecular weight is 467 g/mol. The van der Waals surface area contributed by atoms with E-state index < -0.39 is 15.9 Å². The third-order valence-corrected chi connectivity index (χ3v) is 8.44. The monoisotopic (exact) mass is 466 g/mol. The lowest BCUT2D eigenvalue weighted by molar-refractivity contribution is -0.117. The minimum Gasteiger partial charge on any atom is -0.347 e. The predicted octanol–water partition coefficient (Wildman–Crippen LogP) is 3.84. The third kappa shape index (κ3) is 4.90. The fourth-order valence-electron chi connectivity index (χ4n) is 4.56. The van der Waals surface area contributed by atoms with Crippen molar-refractivity contribution >= 4 is 22.0 Å². The van der Waals surface area contributed by atoms with Crippen LogP contribution < -0.4 is 5.32 Å². The van der Waals surface area contributed by atoms with E-state index in [-0.39, 0.29) is 17.0 Å². The number of hydrogen-bond acceptors (Lipinski definition) is 4. The summed E-state index contributed by atoms with van der Waals surface area (Å²) >= 11 is 0. The van der Waals surface area contributed by atoms with Crippen LogP contribution >= 0.6 is 0 Å². The molecule has 1 aromatic heterocycles. The van der Waals surface area contributed by atoms with Crippen LogP contribution in [0.4, 0.5) is 0 Å². The van der Waals surface area contributed by atoms with Gasteiger partial charge in [0.1, 0.15) is 11.6 Å². The molecule has 0 unspecified atom stereocenters. The largest absolute Gasteiger partial charge is 0.347 e. The number of nitrogens with one attached hydrogen (secondary N) is 1. The molecule has 1 N–H and O–H groups in total. The molecule has 4 rings (SSSR count). The van der Waals surface area contributed by atoms with Crippen molar-refractivity contribution in [1.82, 2.24) is 14.2 Å². The molecule has 0 bridgehead atoms. The van der Waals surface area contributed by atoms with E-state index in [2.05, 4.69) is 9.88 Å². The van der Waals surface area contributed by atoms with Crippen LogP contribution in [0.25, 0.3) is 6.08 Å². The Morgan fingerprint density at radius 2 is 1.88 bits per heavy atom. The van der Waals surface area contributed by atoms with Crippen LogP contribution in [-0.4, -0.2) is 36.3 Å². The second-order valence-corrected chi connectivity index (χ2v) is 10.8. The summed E-state index contributed by atoms with van der Waals surface area (Å²) in [4.78, 5) is 13.0. The molecule has 1 aromatic carbocycles. The van der Waals surface area contributed by atoms with Gasteiger partial charge in [-0.05, 0) is 68.9 Å². The maximum Gasteiger partial charge on any atom is 0.262 e. The van der Waals surface area contributed by atoms with Crippen molar-refractivity contribution in [2.45, 2.75) is 63.4 Å². The molecule has 2 fully saturated rings. The van der Waals surface area contributed by atoms with Gasteiger partial charge in [-0.15, -0.1) is 0 Å². The lowest BCUT2D eigenvalue weighted by atomic mass is 10.1. The number of hydrogen-bond donors (Lipinski definition) is 1. The fourth-order valence-corrected chi connectivity index (χ4v) is 6.30. The van der Waals surface area contributed by atoms with Crippen molar-refractivity contribution in [1.29, 1.82) is 5.26 Å². The van der Waals surface area contributed by atoms with Gasteiger partial charge >= 0.3 is 0 Å². The number of piperidine rings is 1. The number of sulfonamides is 1. The highest BCUT2D eigenvalue weighted by atomic mass is 32.2. The number of benzene rings is 1. The molecule has 174 valence electrons. The Morgan fingerprint density at radius 1 is 1.18 bits per heavy atom. The molecule has 1 saturated heterocycles. The predicted molar refractivity (Wildman–Crippen MR) is 127 cm³/mol. The molecule has 1 amide bonds. The molecule has 0 radical (unpaired) electrons. The first-order valence-electron chi connectivity index (χ1n) is 11.5. The van der Waals surface area contributed by atoms with Gasteiger partial charge in [-0.2, -0.15) is 9.57 Å². The number of carbonyl (C=O) groups excluding carboxylic acids is 1. The van der Waals surface area contributed by atoms with E-state index in [4.69, 9.17) is 0 Å². The molecular formula is C25H30N4O3S. The highest BCUT2D eigenvalue weighted by molar-refractivity contribution is 7.89. The van der Waals surface area contributed by atoms with Crippen LogP contribution in [0.2, 0.25) is 0 Å². The zero-order valence-electron chi connectivity index (χ0n) is 19.2. The Balaban J connectivity index is 1.51. The van der Waals surface area contributed by atoms with E-state index in [1.807, 2.05) is 26.0 Å². The maximum atomic E-state index is 13.2. The molecule has 7 nitrogen and oxygen atoms in total. The Bertz CT molecular complexity index is 1230. The smallest absolute Gasteiger partial charge is 0.262 e. The van der Waals surface area contributed by atoms with E-state index >= 15 is 0 Å². The van der Waals surface area contributed by atoms with Crippen LogP contribution in [0, 0.1) is 25.2 Å². The zero-order valence-corrected chi connectivity index (χ0v) is 20.0. The molecule has 33 heavy (non-hydrogen) atoms. The highest BCUT2D eigenvalue weighted by Gasteiger charge is 2.29. The van der Waals surface area contributed by atoms with Gasteiger partial charge in [0, 0.05) is 37.1 Å². The van der Waals surface area contributed by atoms with Gasteiger partial charge in [-0.25, -0.2) is 8.42 Å². The second kappa shape index (κ2) is 9.54. The first kappa shape index (κ1) is 23.3. The van der Waals surface area contributed by atoms with E-state index in [0.717, 1.165) is 49.1 Å². The standard InChI is InChI=1S/C25H30N4O3S/c1-18-14-21(19(2)29(18)23-10-11-23)15-22(16-26)25(30)27-17-20-8-4-5-9-24(20)33(31,32)28-12-6-3-7-13-28/h4-5,8-9,14-15,23H,3,6-7,10-13,17H2,1-2H3,(H,27,30)/b22-15+. The number of amides is 1. The molecule has 0 spiro atoms. The highest BCUT2D eigenvalue weighted by Crippen LogP contribution is 2.38. The van der Waals surface area contributed by atoms with Gasteiger partial charge in [0.25, 0.3) is 5.91 Å². The van der Waals surface area contributed by atoms with E-state index in [1.54, 1.807) is 30.3 Å². The first-order chi connectivity index (χ1) is 15.8. The van der Waals surface area contributed by atoms with E-state index in [9.17, 15) is 18.5 Å². The summed E-state index contributed by atoms with van der Waals surface area (Å²) < 4.78 is 30.1. The normalized spacial score (nSPS) is 17.5. The molecule has 1 aliphatic carbocycles. The van der Waals surface area contributed by atoms with Crippen LogP contribution in [0.3, 0.4) is 0 Å². The molecule has 2 aromatic rings. The van der Waals surface area contributed by atoms with Crippen LogP contribution in [-0.2, 0) is 21.4 Å². The molecule has 1 aliphatic heterocycles. The van der Waals surface area contributed by atoms with Crippen LogP contribution in [0.15, 0.2) is 40.8 Å². The minimum atomic E-state index is -3.63. The molecule has 8 heteroatoms. The molecular weight excluding hydrogens is 436 g/mol. The average Bonchev–Trinajstić information content (AvgIpc) is 3.61. The van der Waals surface area contributed by atoms with Gasteiger partial charge < -0.3 is 9.88 Å². The number of rotatable bonds is 7. The van der Waals surface area contributed by atoms with Crippen molar-refractivity contribution in [3.05, 3.63) is 58.4 Å². The van der Waals surface area contributed by atoms with E-state index in [0.29, 0.717) is 24.7 Å². The summed E-state index contributed by atoms with van der Waals surface area (Å²) in [6.07, 6.45) is 6.68. The molecule has 0 atom stereocenters. The Hall–Kier alpha value is -2.89. The van der Waals surface area contributed by atoms with Crippen molar-refractivity contribution in [3.8, 4) is 6.07 Å². The summed E-state index contributed by atoms with van der Waals surface area (Å²) in [7, 11) is -3.63. The van der Waals surface area contributed by atoms with Gasteiger partial charge in [-0.3, -0.25) is 4.79 Å². The summed E-state index contributed by atoms with van der Waals surface area (Å²) in [6.45, 7) is 5.11. The topological polar surface area (TPSA) is 95.2 Å². The third-order valence-electron chi connectivity index (χ3n) is 6.45. The van der Waals surface area contributed by atoms with Crippen molar-refractivity contribution in [2.75, 3.05) is 13.1 Å². The SMILES string of the molecule is Cc1cc(/C=C(\C#N)C(=O)NCc2ccccc2S(=O)(=O)N2CCCCC2)c(C)n1C1CC1. The van der Waals surface area contributed by atoms with Gasteiger partial charge in [-0.1, -0.05) is 24.6 Å². The lowest BCUT2D eigenvalue weighted by Gasteiger charge is -2.26. The van der Waals surface area contributed by atoms with Gasteiger partial charge in [0.05, 0.1) is 4.90 Å². The fraction of sp³-hybridized carbons (Fsp3) is 0.440. The lowest BCUT2D eigenvalue weighted by Crippen LogP contribution is -2.36. The Morgan fingerprint density at radius 3 is 2.55 bits per heavy atom. The number of aryl methyl sites for hydroxylation is 1. The zero-order chi connectivity index (χ0) is 23.6. The quantitative estimate of drug-likeness (QED) is 0.495. The van der Waals surface area contributed by atoms with Crippen LogP contribution in [0.5, 0.6) is 0 Å². The Labute approximate surface area is 195 Å². The number of nitriles is 1. The first-order valence-corrected chi connectivity index (χ1v) is 12.9.